The Balaban J connectivity index is 2.75. The van der Waals surface area contributed by atoms with E-state index in [1.54, 1.807) is 16.8 Å². The van der Waals surface area contributed by atoms with E-state index in [1.807, 2.05) is 6.92 Å². The zero-order chi connectivity index (χ0) is 12.0. The Morgan fingerprint density at radius 2 is 2.19 bits per heavy atom. The molecule has 1 N–H and O–H groups in total. The summed E-state index contributed by atoms with van der Waals surface area (Å²) in [5.74, 6) is 0. The van der Waals surface area contributed by atoms with Gasteiger partial charge in [0.2, 0.25) is 0 Å². The molecule has 0 aliphatic carbocycles. The van der Waals surface area contributed by atoms with Crippen molar-refractivity contribution in [1.82, 2.24) is 15.1 Å². The Hall–Kier alpha value is -1.16. The normalized spacial score (nSPS) is 12.7. The molecule has 4 nitrogen and oxygen atoms in total. The lowest BCUT2D eigenvalue weighted by Gasteiger charge is -2.17. The second-order valence-corrected chi connectivity index (χ2v) is 4.04. The summed E-state index contributed by atoms with van der Waals surface area (Å²) in [6, 6.07) is 3.67. The summed E-state index contributed by atoms with van der Waals surface area (Å²) >= 11 is 0. The smallest absolute Gasteiger partial charge is 0.266 e. The average Bonchev–Trinajstić information content (AvgIpc) is 2.24. The van der Waals surface area contributed by atoms with Crippen LogP contribution in [0.3, 0.4) is 0 Å². The van der Waals surface area contributed by atoms with E-state index in [9.17, 15) is 4.79 Å². The quantitative estimate of drug-likeness (QED) is 0.791. The molecule has 0 amide bonds. The van der Waals surface area contributed by atoms with Crippen molar-refractivity contribution in [1.29, 1.82) is 0 Å². The summed E-state index contributed by atoms with van der Waals surface area (Å²) in [5.41, 5.74) is 0.857. The fourth-order valence-electron chi connectivity index (χ4n) is 1.79. The van der Waals surface area contributed by atoms with E-state index in [4.69, 9.17) is 0 Å². The van der Waals surface area contributed by atoms with Crippen LogP contribution in [0.4, 0.5) is 0 Å². The van der Waals surface area contributed by atoms with Gasteiger partial charge in [0.25, 0.3) is 5.56 Å². The zero-order valence-electron chi connectivity index (χ0n) is 10.4. The fraction of sp³-hybridized carbons (Fsp3) is 0.667. The average molecular weight is 223 g/mol. The van der Waals surface area contributed by atoms with Crippen LogP contribution in [-0.4, -0.2) is 22.4 Å². The molecule has 0 saturated carbocycles. The van der Waals surface area contributed by atoms with Crippen LogP contribution in [0.2, 0.25) is 0 Å². The minimum absolute atomic E-state index is 0.0235. The SMILES string of the molecule is CCCC(Cn1nc(C)ccc1=O)NCC. The van der Waals surface area contributed by atoms with E-state index in [0.717, 1.165) is 25.1 Å². The number of hydrogen-bond donors (Lipinski definition) is 1. The van der Waals surface area contributed by atoms with Crippen LogP contribution in [0.25, 0.3) is 0 Å². The van der Waals surface area contributed by atoms with Crippen LogP contribution < -0.4 is 10.9 Å². The van der Waals surface area contributed by atoms with Crippen molar-refractivity contribution in [2.45, 2.75) is 46.2 Å². The zero-order valence-corrected chi connectivity index (χ0v) is 10.4. The van der Waals surface area contributed by atoms with Gasteiger partial charge < -0.3 is 5.32 Å². The number of nitrogens with one attached hydrogen (secondary N) is 1. The summed E-state index contributed by atoms with van der Waals surface area (Å²) in [5, 5.41) is 7.62. The van der Waals surface area contributed by atoms with Gasteiger partial charge in [-0.2, -0.15) is 5.10 Å². The third kappa shape index (κ3) is 3.77. The Kier molecular flexibility index (Phi) is 5.19. The molecule has 0 saturated heterocycles. The second kappa shape index (κ2) is 6.43. The molecule has 1 unspecified atom stereocenters. The highest BCUT2D eigenvalue weighted by Gasteiger charge is 2.08. The Morgan fingerprint density at radius 1 is 1.44 bits per heavy atom. The highest BCUT2D eigenvalue weighted by atomic mass is 16.1. The molecular weight excluding hydrogens is 202 g/mol. The molecule has 0 aromatic carbocycles. The largest absolute Gasteiger partial charge is 0.312 e. The summed E-state index contributed by atoms with van der Waals surface area (Å²) < 4.78 is 1.55. The van der Waals surface area contributed by atoms with Gasteiger partial charge in [0.05, 0.1) is 12.2 Å². The highest BCUT2D eigenvalue weighted by Crippen LogP contribution is 1.99. The number of aryl methyl sites for hydroxylation is 1. The maximum Gasteiger partial charge on any atom is 0.266 e. The Labute approximate surface area is 96.7 Å². The first-order chi connectivity index (χ1) is 7.67. The van der Waals surface area contributed by atoms with Gasteiger partial charge in [-0.3, -0.25) is 4.79 Å². The second-order valence-electron chi connectivity index (χ2n) is 4.04. The molecule has 0 aliphatic heterocycles. The van der Waals surface area contributed by atoms with Gasteiger partial charge in [0, 0.05) is 12.1 Å². The molecule has 0 aliphatic rings. The number of nitrogens with zero attached hydrogens (tertiary/aromatic N) is 2. The number of hydrogen-bond acceptors (Lipinski definition) is 3. The lowest BCUT2D eigenvalue weighted by atomic mass is 10.1. The molecule has 90 valence electrons. The predicted octanol–water partition coefficient (Wildman–Crippen LogP) is 1.33. The van der Waals surface area contributed by atoms with Gasteiger partial charge in [0.15, 0.2) is 0 Å². The van der Waals surface area contributed by atoms with E-state index >= 15 is 0 Å². The van der Waals surface area contributed by atoms with Crippen molar-refractivity contribution in [2.75, 3.05) is 6.54 Å². The van der Waals surface area contributed by atoms with Crippen molar-refractivity contribution in [3.63, 3.8) is 0 Å². The Bertz CT molecular complexity index is 367. The van der Waals surface area contributed by atoms with Gasteiger partial charge in [-0.05, 0) is 26.0 Å². The third-order valence-corrected chi connectivity index (χ3v) is 2.52. The summed E-state index contributed by atoms with van der Waals surface area (Å²) in [6.45, 7) is 7.71. The van der Waals surface area contributed by atoms with Crippen LogP contribution >= 0.6 is 0 Å². The number of likely N-dealkylation sites (N-methyl/N-ethyl adjacent to an activating group) is 1. The van der Waals surface area contributed by atoms with Gasteiger partial charge >= 0.3 is 0 Å². The predicted molar refractivity (Wildman–Crippen MR) is 65.6 cm³/mol. The van der Waals surface area contributed by atoms with Crippen molar-refractivity contribution in [3.05, 3.63) is 28.2 Å². The summed E-state index contributed by atoms with van der Waals surface area (Å²) in [4.78, 5) is 11.6. The van der Waals surface area contributed by atoms with Crippen LogP contribution in [0, 0.1) is 6.92 Å². The van der Waals surface area contributed by atoms with Gasteiger partial charge in [-0.25, -0.2) is 4.68 Å². The molecule has 0 fully saturated rings. The third-order valence-electron chi connectivity index (χ3n) is 2.52. The number of rotatable bonds is 6. The molecule has 0 radical (unpaired) electrons. The monoisotopic (exact) mass is 223 g/mol. The van der Waals surface area contributed by atoms with Crippen LogP contribution in [0.15, 0.2) is 16.9 Å². The maximum absolute atomic E-state index is 11.6. The first kappa shape index (κ1) is 12.9. The molecule has 0 bridgehead atoms. The molecular formula is C12H21N3O. The molecule has 1 aromatic rings. The standard InChI is InChI=1S/C12H21N3O/c1-4-6-11(13-5-2)9-15-12(16)8-7-10(3)14-15/h7-8,11,13H,4-6,9H2,1-3H3. The van der Waals surface area contributed by atoms with Crippen molar-refractivity contribution in [3.8, 4) is 0 Å². The molecule has 16 heavy (non-hydrogen) atoms. The maximum atomic E-state index is 11.6. The minimum Gasteiger partial charge on any atom is -0.312 e. The van der Waals surface area contributed by atoms with Crippen LogP contribution in [-0.2, 0) is 6.54 Å². The minimum atomic E-state index is -0.0235. The lowest BCUT2D eigenvalue weighted by Crippen LogP contribution is -2.37. The molecule has 1 atom stereocenters. The fourth-order valence-corrected chi connectivity index (χ4v) is 1.79. The van der Waals surface area contributed by atoms with E-state index in [2.05, 4.69) is 24.3 Å². The molecule has 4 heteroatoms. The van der Waals surface area contributed by atoms with Crippen molar-refractivity contribution in [2.24, 2.45) is 0 Å². The van der Waals surface area contributed by atoms with Crippen molar-refractivity contribution >= 4 is 0 Å². The topological polar surface area (TPSA) is 46.9 Å². The molecule has 1 aromatic heterocycles. The van der Waals surface area contributed by atoms with E-state index in [-0.39, 0.29) is 5.56 Å². The highest BCUT2D eigenvalue weighted by molar-refractivity contribution is 4.97. The summed E-state index contributed by atoms with van der Waals surface area (Å²) in [7, 11) is 0. The molecule has 1 heterocycles. The van der Waals surface area contributed by atoms with Gasteiger partial charge in [-0.1, -0.05) is 20.3 Å². The lowest BCUT2D eigenvalue weighted by molar-refractivity contribution is 0.397. The molecule has 0 spiro atoms. The van der Waals surface area contributed by atoms with Crippen LogP contribution in [0.1, 0.15) is 32.4 Å². The van der Waals surface area contributed by atoms with Gasteiger partial charge in [-0.15, -0.1) is 0 Å². The van der Waals surface area contributed by atoms with E-state index in [1.165, 1.54) is 0 Å². The number of aromatic nitrogens is 2. The summed E-state index contributed by atoms with van der Waals surface area (Å²) in [6.07, 6.45) is 2.17. The van der Waals surface area contributed by atoms with Gasteiger partial charge in [0.1, 0.15) is 0 Å². The van der Waals surface area contributed by atoms with E-state index < -0.39 is 0 Å². The van der Waals surface area contributed by atoms with Crippen molar-refractivity contribution < 1.29 is 0 Å². The van der Waals surface area contributed by atoms with Crippen LogP contribution in [0.5, 0.6) is 0 Å². The van der Waals surface area contributed by atoms with E-state index in [0.29, 0.717) is 12.6 Å². The first-order valence-electron chi connectivity index (χ1n) is 5.95. The first-order valence-corrected chi connectivity index (χ1v) is 5.95. The Morgan fingerprint density at radius 3 is 2.81 bits per heavy atom. The molecule has 1 rings (SSSR count).